The van der Waals surface area contributed by atoms with E-state index in [-0.39, 0.29) is 23.0 Å². The van der Waals surface area contributed by atoms with E-state index in [9.17, 15) is 18.8 Å². The highest BCUT2D eigenvalue weighted by molar-refractivity contribution is 8.00. The number of hydrogen-bond donors (Lipinski definition) is 3. The number of furan rings is 1. The first kappa shape index (κ1) is 25.5. The Kier molecular flexibility index (Phi) is 8.51. The van der Waals surface area contributed by atoms with Gasteiger partial charge in [-0.1, -0.05) is 30.3 Å². The van der Waals surface area contributed by atoms with Gasteiger partial charge in [-0.15, -0.1) is 11.8 Å². The number of carbonyl (C=O) groups excluding carboxylic acids is 3. The second kappa shape index (κ2) is 12.4. The summed E-state index contributed by atoms with van der Waals surface area (Å²) in [7, 11) is 0. The van der Waals surface area contributed by atoms with Crippen LogP contribution in [0.25, 0.3) is 6.08 Å². The van der Waals surface area contributed by atoms with E-state index >= 15 is 0 Å². The number of carbonyl (C=O) groups is 3. The van der Waals surface area contributed by atoms with Gasteiger partial charge in [0.15, 0.2) is 0 Å². The summed E-state index contributed by atoms with van der Waals surface area (Å²) < 4.78 is 19.0. The summed E-state index contributed by atoms with van der Waals surface area (Å²) in [5.74, 6) is -1.32. The van der Waals surface area contributed by atoms with Crippen LogP contribution in [0.3, 0.4) is 0 Å². The lowest BCUT2D eigenvalue weighted by Gasteiger charge is -2.11. The van der Waals surface area contributed by atoms with Crippen LogP contribution >= 0.6 is 11.8 Å². The Balaban J connectivity index is 1.37. The molecule has 1 heterocycles. The van der Waals surface area contributed by atoms with E-state index in [4.69, 9.17) is 4.42 Å². The normalized spacial score (nSPS) is 11.0. The highest BCUT2D eigenvalue weighted by Gasteiger charge is 2.16. The van der Waals surface area contributed by atoms with Gasteiger partial charge in [0.1, 0.15) is 17.3 Å². The maximum absolute atomic E-state index is 13.7. The number of amides is 3. The topological polar surface area (TPSA) is 100 Å². The molecule has 4 aromatic rings. The van der Waals surface area contributed by atoms with E-state index in [0.29, 0.717) is 17.0 Å². The molecule has 37 heavy (non-hydrogen) atoms. The second-order valence-corrected chi connectivity index (χ2v) is 8.74. The fourth-order valence-corrected chi connectivity index (χ4v) is 3.89. The van der Waals surface area contributed by atoms with Crippen LogP contribution in [0.4, 0.5) is 15.8 Å². The predicted molar refractivity (Wildman–Crippen MR) is 141 cm³/mol. The number of benzene rings is 3. The molecule has 0 saturated heterocycles. The zero-order valence-corrected chi connectivity index (χ0v) is 20.3. The van der Waals surface area contributed by atoms with Gasteiger partial charge in [-0.2, -0.15) is 0 Å². The molecule has 0 spiro atoms. The quantitative estimate of drug-likeness (QED) is 0.200. The third-order valence-electron chi connectivity index (χ3n) is 4.99. The van der Waals surface area contributed by atoms with Crippen molar-refractivity contribution in [3.05, 3.63) is 120 Å². The maximum Gasteiger partial charge on any atom is 0.272 e. The smallest absolute Gasteiger partial charge is 0.272 e. The van der Waals surface area contributed by atoms with Crippen molar-refractivity contribution in [2.24, 2.45) is 0 Å². The molecule has 7 nitrogen and oxygen atoms in total. The Bertz CT molecular complexity index is 1410. The van der Waals surface area contributed by atoms with Gasteiger partial charge < -0.3 is 20.4 Å². The molecule has 9 heteroatoms. The van der Waals surface area contributed by atoms with Crippen LogP contribution in [0.5, 0.6) is 0 Å². The van der Waals surface area contributed by atoms with Crippen molar-refractivity contribution in [3.8, 4) is 0 Å². The molecule has 0 fully saturated rings. The number of para-hydroxylation sites is 1. The standard InChI is InChI=1S/C28H22FN3O4S/c29-23-10-4-5-11-24(23)31-26(33)18-37-22-14-12-20(13-15-22)30-28(35)25(17-21-9-6-16-36-21)32-27(34)19-7-2-1-3-8-19/h1-17H,18H2,(H,30,35)(H,31,33)(H,32,34)/b25-17-. The van der Waals surface area contributed by atoms with Crippen LogP contribution < -0.4 is 16.0 Å². The number of hydrogen-bond acceptors (Lipinski definition) is 5. The lowest BCUT2D eigenvalue weighted by Crippen LogP contribution is -2.30. The number of nitrogens with one attached hydrogen (secondary N) is 3. The van der Waals surface area contributed by atoms with Crippen LogP contribution in [0.2, 0.25) is 0 Å². The van der Waals surface area contributed by atoms with Gasteiger partial charge in [0.2, 0.25) is 5.91 Å². The molecule has 1 aromatic heterocycles. The number of anilines is 2. The fraction of sp³-hybridized carbons (Fsp3) is 0.0357. The summed E-state index contributed by atoms with van der Waals surface area (Å²) in [4.78, 5) is 38.5. The first-order valence-corrected chi connectivity index (χ1v) is 12.2. The molecule has 4 rings (SSSR count). The van der Waals surface area contributed by atoms with Gasteiger partial charge in [0.25, 0.3) is 11.8 Å². The van der Waals surface area contributed by atoms with E-state index in [1.807, 2.05) is 0 Å². The lowest BCUT2D eigenvalue weighted by atomic mass is 10.2. The molecule has 3 amide bonds. The highest BCUT2D eigenvalue weighted by Crippen LogP contribution is 2.22. The van der Waals surface area contributed by atoms with Crippen molar-refractivity contribution in [1.29, 1.82) is 0 Å². The van der Waals surface area contributed by atoms with Gasteiger partial charge >= 0.3 is 0 Å². The average Bonchev–Trinajstić information content (AvgIpc) is 3.43. The number of halogens is 1. The van der Waals surface area contributed by atoms with Crippen LogP contribution in [0.15, 0.2) is 112 Å². The second-order valence-electron chi connectivity index (χ2n) is 7.69. The highest BCUT2D eigenvalue weighted by atomic mass is 32.2. The first-order chi connectivity index (χ1) is 18.0. The largest absolute Gasteiger partial charge is 0.465 e. The molecule has 186 valence electrons. The van der Waals surface area contributed by atoms with Crippen molar-refractivity contribution in [2.45, 2.75) is 4.90 Å². The van der Waals surface area contributed by atoms with Crippen molar-refractivity contribution < 1.29 is 23.2 Å². The minimum absolute atomic E-state index is 0.00655. The molecule has 0 radical (unpaired) electrons. The number of thioether (sulfide) groups is 1. The Labute approximate surface area is 216 Å². The third kappa shape index (κ3) is 7.42. The Hall–Kier alpha value is -4.63. The predicted octanol–water partition coefficient (Wildman–Crippen LogP) is 5.56. The summed E-state index contributed by atoms with van der Waals surface area (Å²) in [5.41, 5.74) is 1.03. The summed E-state index contributed by atoms with van der Waals surface area (Å²) in [6.07, 6.45) is 2.90. The van der Waals surface area contributed by atoms with Gasteiger partial charge in [-0.25, -0.2) is 4.39 Å². The van der Waals surface area contributed by atoms with Crippen LogP contribution in [0, 0.1) is 5.82 Å². The van der Waals surface area contributed by atoms with E-state index < -0.39 is 17.6 Å². The maximum atomic E-state index is 13.7. The van der Waals surface area contributed by atoms with Crippen LogP contribution in [0.1, 0.15) is 16.1 Å². The Morgan fingerprint density at radius 1 is 0.838 bits per heavy atom. The SMILES string of the molecule is O=C(CSc1ccc(NC(=O)/C(=C/c2ccco2)NC(=O)c2ccccc2)cc1)Nc1ccccc1F. The van der Waals surface area contributed by atoms with Crippen molar-refractivity contribution in [2.75, 3.05) is 16.4 Å². The van der Waals surface area contributed by atoms with E-state index in [0.717, 1.165) is 4.90 Å². The lowest BCUT2D eigenvalue weighted by molar-refractivity contribution is -0.114. The zero-order valence-electron chi connectivity index (χ0n) is 19.4. The third-order valence-corrected chi connectivity index (χ3v) is 6.00. The van der Waals surface area contributed by atoms with E-state index in [2.05, 4.69) is 16.0 Å². The summed E-state index contributed by atoms with van der Waals surface area (Å²) in [6.45, 7) is 0. The molecular formula is C28H22FN3O4S. The van der Waals surface area contributed by atoms with Crippen LogP contribution in [-0.4, -0.2) is 23.5 Å². The van der Waals surface area contributed by atoms with E-state index in [1.165, 1.54) is 36.2 Å². The zero-order chi connectivity index (χ0) is 26.0. The molecule has 0 bridgehead atoms. The van der Waals surface area contributed by atoms with Crippen molar-refractivity contribution >= 4 is 46.9 Å². The Morgan fingerprint density at radius 3 is 2.27 bits per heavy atom. The minimum atomic E-state index is -0.537. The summed E-state index contributed by atoms with van der Waals surface area (Å²) in [5, 5.41) is 7.92. The summed E-state index contributed by atoms with van der Waals surface area (Å²) >= 11 is 1.27. The van der Waals surface area contributed by atoms with Gasteiger partial charge in [0.05, 0.1) is 17.7 Å². The van der Waals surface area contributed by atoms with Gasteiger partial charge in [0, 0.05) is 22.2 Å². The first-order valence-electron chi connectivity index (χ1n) is 11.2. The fourth-order valence-electron chi connectivity index (χ4n) is 3.19. The molecule has 3 N–H and O–H groups in total. The molecule has 3 aromatic carbocycles. The van der Waals surface area contributed by atoms with Gasteiger partial charge in [-0.05, 0) is 60.7 Å². The molecule has 0 atom stereocenters. The molecule has 0 aliphatic carbocycles. The molecule has 0 saturated carbocycles. The van der Waals surface area contributed by atoms with Crippen molar-refractivity contribution in [1.82, 2.24) is 5.32 Å². The van der Waals surface area contributed by atoms with Gasteiger partial charge in [-0.3, -0.25) is 14.4 Å². The summed E-state index contributed by atoms with van der Waals surface area (Å²) in [6, 6.07) is 24.7. The molecule has 0 aliphatic rings. The minimum Gasteiger partial charge on any atom is -0.465 e. The monoisotopic (exact) mass is 515 g/mol. The van der Waals surface area contributed by atoms with E-state index in [1.54, 1.807) is 78.9 Å². The molecule has 0 aliphatic heterocycles. The number of rotatable bonds is 9. The molecule has 0 unspecified atom stereocenters. The Morgan fingerprint density at radius 2 is 1.57 bits per heavy atom. The van der Waals surface area contributed by atoms with Crippen LogP contribution in [-0.2, 0) is 9.59 Å². The van der Waals surface area contributed by atoms with Crippen molar-refractivity contribution in [3.63, 3.8) is 0 Å². The average molecular weight is 516 g/mol. The molecular weight excluding hydrogens is 493 g/mol.